The van der Waals surface area contributed by atoms with E-state index in [0.717, 1.165) is 22.3 Å². The summed E-state index contributed by atoms with van der Waals surface area (Å²) in [6.07, 6.45) is 2.88. The van der Waals surface area contributed by atoms with Gasteiger partial charge in [-0.25, -0.2) is 4.98 Å². The molecule has 2 nitrogen and oxygen atoms in total. The Morgan fingerprint density at radius 3 is 2.57 bits per heavy atom. The van der Waals surface area contributed by atoms with Gasteiger partial charge in [-0.2, -0.15) is 0 Å². The van der Waals surface area contributed by atoms with Gasteiger partial charge in [-0.05, 0) is 18.6 Å². The van der Waals surface area contributed by atoms with Crippen LogP contribution < -0.4 is 0 Å². The molecule has 0 atom stereocenters. The number of benzene rings is 1. The van der Waals surface area contributed by atoms with E-state index in [2.05, 4.69) is 32.8 Å². The minimum Gasteiger partial charge on any atom is -0.342 e. The lowest BCUT2D eigenvalue weighted by Gasteiger charge is -1.96. The number of rotatable bonds is 2. The van der Waals surface area contributed by atoms with E-state index in [-0.39, 0.29) is 0 Å². The molecule has 0 aliphatic carbocycles. The number of nitrogens with one attached hydrogen (secondary N) is 1. The highest BCUT2D eigenvalue weighted by molar-refractivity contribution is 9.10. The molecule has 0 bridgehead atoms. The summed E-state index contributed by atoms with van der Waals surface area (Å²) in [6.45, 7) is 2.11. The van der Waals surface area contributed by atoms with Crippen LogP contribution in [0.1, 0.15) is 12.6 Å². The molecule has 72 valence electrons. The van der Waals surface area contributed by atoms with Crippen molar-refractivity contribution >= 4 is 15.9 Å². The number of aromatic amines is 1. The van der Waals surface area contributed by atoms with Crippen LogP contribution in [0, 0.1) is 0 Å². The van der Waals surface area contributed by atoms with Crippen molar-refractivity contribution in [3.8, 4) is 11.4 Å². The third-order valence-electron chi connectivity index (χ3n) is 2.13. The van der Waals surface area contributed by atoms with E-state index in [1.807, 2.05) is 30.5 Å². The number of aryl methyl sites for hydroxylation is 1. The predicted octanol–water partition coefficient (Wildman–Crippen LogP) is 3.40. The van der Waals surface area contributed by atoms with Gasteiger partial charge in [0.25, 0.3) is 0 Å². The number of aromatic nitrogens is 2. The fourth-order valence-corrected chi connectivity index (χ4v) is 1.56. The summed E-state index contributed by atoms with van der Waals surface area (Å²) in [6, 6.07) is 8.12. The van der Waals surface area contributed by atoms with Gasteiger partial charge in [0.1, 0.15) is 5.82 Å². The number of H-pyrrole nitrogens is 1. The van der Waals surface area contributed by atoms with E-state index in [1.165, 1.54) is 5.69 Å². The maximum Gasteiger partial charge on any atom is 0.137 e. The Labute approximate surface area is 91.5 Å². The lowest BCUT2D eigenvalue weighted by atomic mass is 10.2. The summed E-state index contributed by atoms with van der Waals surface area (Å²) in [4.78, 5) is 7.59. The third kappa shape index (κ3) is 1.87. The molecule has 0 radical (unpaired) electrons. The topological polar surface area (TPSA) is 28.7 Å². The fraction of sp³-hybridized carbons (Fsp3) is 0.182. The number of hydrogen-bond acceptors (Lipinski definition) is 1. The van der Waals surface area contributed by atoms with Gasteiger partial charge < -0.3 is 4.98 Å². The number of imidazole rings is 1. The molecule has 1 heterocycles. The van der Waals surface area contributed by atoms with Crippen molar-refractivity contribution in [3.63, 3.8) is 0 Å². The van der Waals surface area contributed by atoms with E-state index in [0.29, 0.717) is 0 Å². The zero-order valence-corrected chi connectivity index (χ0v) is 9.51. The molecule has 2 rings (SSSR count). The van der Waals surface area contributed by atoms with Crippen molar-refractivity contribution in [2.75, 3.05) is 0 Å². The zero-order valence-electron chi connectivity index (χ0n) is 7.92. The van der Waals surface area contributed by atoms with Crippen molar-refractivity contribution in [1.82, 2.24) is 9.97 Å². The van der Waals surface area contributed by atoms with Crippen LogP contribution in [-0.2, 0) is 6.42 Å². The van der Waals surface area contributed by atoms with Gasteiger partial charge in [0.2, 0.25) is 0 Å². The first-order chi connectivity index (χ1) is 6.79. The molecule has 0 amide bonds. The minimum absolute atomic E-state index is 0.939. The van der Waals surface area contributed by atoms with E-state index < -0.39 is 0 Å². The highest BCUT2D eigenvalue weighted by Gasteiger charge is 2.01. The number of halogens is 1. The second-order valence-electron chi connectivity index (χ2n) is 3.12. The van der Waals surface area contributed by atoms with Gasteiger partial charge in [0, 0.05) is 21.9 Å². The molecule has 1 aromatic carbocycles. The molecule has 2 aromatic rings. The van der Waals surface area contributed by atoms with Crippen LogP contribution in [0.4, 0.5) is 0 Å². The lowest BCUT2D eigenvalue weighted by molar-refractivity contribution is 1.07. The summed E-state index contributed by atoms with van der Waals surface area (Å²) in [5.41, 5.74) is 2.29. The van der Waals surface area contributed by atoms with Crippen molar-refractivity contribution < 1.29 is 0 Å². The number of nitrogens with zero attached hydrogens (tertiary/aromatic N) is 1. The van der Waals surface area contributed by atoms with Crippen molar-refractivity contribution in [3.05, 3.63) is 40.6 Å². The molecule has 0 aliphatic heterocycles. The van der Waals surface area contributed by atoms with Gasteiger partial charge >= 0.3 is 0 Å². The summed E-state index contributed by atoms with van der Waals surface area (Å²) < 4.78 is 1.09. The van der Waals surface area contributed by atoms with Gasteiger partial charge in [-0.1, -0.05) is 35.0 Å². The van der Waals surface area contributed by atoms with Crippen molar-refractivity contribution in [2.24, 2.45) is 0 Å². The molecule has 0 aliphatic rings. The molecule has 1 N–H and O–H groups in total. The Morgan fingerprint density at radius 1 is 1.29 bits per heavy atom. The third-order valence-corrected chi connectivity index (χ3v) is 2.66. The smallest absolute Gasteiger partial charge is 0.137 e. The Hall–Kier alpha value is -1.09. The van der Waals surface area contributed by atoms with Gasteiger partial charge in [0.15, 0.2) is 0 Å². The maximum absolute atomic E-state index is 4.32. The largest absolute Gasteiger partial charge is 0.342 e. The molecular weight excluding hydrogens is 240 g/mol. The van der Waals surface area contributed by atoms with Gasteiger partial charge in [-0.15, -0.1) is 0 Å². The van der Waals surface area contributed by atoms with Crippen LogP contribution in [0.15, 0.2) is 34.9 Å². The second-order valence-corrected chi connectivity index (χ2v) is 4.03. The molecular formula is C11H11BrN2. The Bertz CT molecular complexity index is 417. The highest BCUT2D eigenvalue weighted by atomic mass is 79.9. The van der Waals surface area contributed by atoms with E-state index in [9.17, 15) is 0 Å². The summed E-state index contributed by atoms with van der Waals surface area (Å²) >= 11 is 3.41. The monoisotopic (exact) mass is 250 g/mol. The zero-order chi connectivity index (χ0) is 9.97. The molecule has 3 heteroatoms. The van der Waals surface area contributed by atoms with Gasteiger partial charge in [-0.3, -0.25) is 0 Å². The summed E-state index contributed by atoms with van der Waals surface area (Å²) in [7, 11) is 0. The molecule has 0 unspecified atom stereocenters. The minimum atomic E-state index is 0.939. The van der Waals surface area contributed by atoms with Crippen LogP contribution in [0.25, 0.3) is 11.4 Å². The van der Waals surface area contributed by atoms with Crippen LogP contribution in [-0.4, -0.2) is 9.97 Å². The number of hydrogen-bond donors (Lipinski definition) is 1. The normalized spacial score (nSPS) is 10.4. The summed E-state index contributed by atoms with van der Waals surface area (Å²) in [5, 5.41) is 0. The maximum atomic E-state index is 4.32. The van der Waals surface area contributed by atoms with Crippen LogP contribution in [0.2, 0.25) is 0 Å². The highest BCUT2D eigenvalue weighted by Crippen LogP contribution is 2.18. The molecule has 0 saturated heterocycles. The first-order valence-corrected chi connectivity index (χ1v) is 5.38. The molecule has 0 fully saturated rings. The predicted molar refractivity (Wildman–Crippen MR) is 61.1 cm³/mol. The molecule has 0 spiro atoms. The first kappa shape index (κ1) is 9.46. The Morgan fingerprint density at radius 2 is 2.00 bits per heavy atom. The average Bonchev–Trinajstić information content (AvgIpc) is 2.67. The van der Waals surface area contributed by atoms with Crippen LogP contribution in [0.5, 0.6) is 0 Å². The quantitative estimate of drug-likeness (QED) is 0.870. The van der Waals surface area contributed by atoms with Crippen molar-refractivity contribution in [1.29, 1.82) is 0 Å². The second kappa shape index (κ2) is 3.96. The lowest BCUT2D eigenvalue weighted by Crippen LogP contribution is -1.81. The fourth-order valence-electron chi connectivity index (χ4n) is 1.29. The van der Waals surface area contributed by atoms with E-state index >= 15 is 0 Å². The summed E-state index contributed by atoms with van der Waals surface area (Å²) in [5.74, 6) is 0.939. The van der Waals surface area contributed by atoms with Crippen molar-refractivity contribution in [2.45, 2.75) is 13.3 Å². The van der Waals surface area contributed by atoms with Crippen LogP contribution in [0.3, 0.4) is 0 Å². The average molecular weight is 251 g/mol. The molecule has 1 aromatic heterocycles. The SMILES string of the molecule is CCc1cnc(-c2ccc(Br)cc2)[nH]1. The molecule has 0 saturated carbocycles. The first-order valence-electron chi connectivity index (χ1n) is 4.59. The molecule has 14 heavy (non-hydrogen) atoms. The van der Waals surface area contributed by atoms with E-state index in [1.54, 1.807) is 0 Å². The Kier molecular flexibility index (Phi) is 2.68. The van der Waals surface area contributed by atoms with Crippen LogP contribution >= 0.6 is 15.9 Å². The standard InChI is InChI=1S/C11H11BrN2/c1-2-10-7-13-11(14-10)8-3-5-9(12)6-4-8/h3-7H,2H2,1H3,(H,13,14). The Balaban J connectivity index is 2.34. The van der Waals surface area contributed by atoms with Gasteiger partial charge in [0.05, 0.1) is 0 Å². The van der Waals surface area contributed by atoms with E-state index in [4.69, 9.17) is 0 Å².